The Morgan fingerprint density at radius 2 is 2.12 bits per heavy atom. The second kappa shape index (κ2) is 5.16. The summed E-state index contributed by atoms with van der Waals surface area (Å²) in [6, 6.07) is 4.75. The molecular weight excluding hydrogens is 208 g/mol. The molecule has 1 aromatic rings. The molecule has 0 aliphatic rings. The Balaban J connectivity index is 3.25. The van der Waals surface area contributed by atoms with Crippen LogP contribution in [0.5, 0.6) is 5.75 Å². The van der Waals surface area contributed by atoms with E-state index in [9.17, 15) is 10.1 Å². The highest BCUT2D eigenvalue weighted by molar-refractivity contribution is 5.67. The molecule has 0 aliphatic carbocycles. The molecule has 0 heterocycles. The molecule has 86 valence electrons. The number of rotatable bonds is 4. The molecule has 0 fully saturated rings. The van der Waals surface area contributed by atoms with Gasteiger partial charge in [-0.05, 0) is 18.3 Å². The third-order valence-corrected chi connectivity index (χ3v) is 2.00. The van der Waals surface area contributed by atoms with Crippen LogP contribution in [0.2, 0.25) is 0 Å². The van der Waals surface area contributed by atoms with Gasteiger partial charge in [0.2, 0.25) is 0 Å². The highest BCUT2D eigenvalue weighted by Gasteiger charge is 2.15. The zero-order chi connectivity index (χ0) is 12.1. The Morgan fingerprint density at radius 1 is 1.44 bits per heavy atom. The number of hydrogen-bond donors (Lipinski definition) is 0. The van der Waals surface area contributed by atoms with Crippen molar-refractivity contribution in [1.29, 1.82) is 0 Å². The van der Waals surface area contributed by atoms with Gasteiger partial charge >= 0.3 is 0 Å². The summed E-state index contributed by atoms with van der Waals surface area (Å²) in [5.41, 5.74) is 0.515. The monoisotopic (exact) mass is 222 g/mol. The molecule has 0 spiro atoms. The maximum Gasteiger partial charge on any atom is 0.280 e. The predicted molar refractivity (Wildman–Crippen MR) is 62.4 cm³/mol. The number of methoxy groups -OCH3 is 1. The van der Waals surface area contributed by atoms with Gasteiger partial charge < -0.3 is 9.64 Å². The summed E-state index contributed by atoms with van der Waals surface area (Å²) >= 11 is 0. The third-order valence-electron chi connectivity index (χ3n) is 2.00. The van der Waals surface area contributed by atoms with Gasteiger partial charge in [0.1, 0.15) is 5.75 Å². The van der Waals surface area contributed by atoms with Crippen molar-refractivity contribution < 1.29 is 9.66 Å². The van der Waals surface area contributed by atoms with Crippen molar-refractivity contribution in [1.82, 2.24) is 4.90 Å². The molecule has 0 N–H and O–H groups in total. The average Bonchev–Trinajstić information content (AvgIpc) is 2.25. The molecule has 1 rings (SSSR count). The normalized spacial score (nSPS) is 10.4. The molecular formula is C11H14N2O3. The minimum atomic E-state index is -0.419. The maximum atomic E-state index is 10.8. The summed E-state index contributed by atoms with van der Waals surface area (Å²) in [5, 5.41) is 10.8. The Morgan fingerprint density at radius 3 is 2.62 bits per heavy atom. The molecule has 0 unspecified atom stereocenters. The summed E-state index contributed by atoms with van der Waals surface area (Å²) in [6.07, 6.45) is 3.40. The first-order chi connectivity index (χ1) is 7.56. The van der Waals surface area contributed by atoms with E-state index in [2.05, 4.69) is 0 Å². The summed E-state index contributed by atoms with van der Waals surface area (Å²) in [4.78, 5) is 12.2. The van der Waals surface area contributed by atoms with Crippen LogP contribution in [0, 0.1) is 10.1 Å². The van der Waals surface area contributed by atoms with Gasteiger partial charge in [0.15, 0.2) is 0 Å². The molecule has 0 atom stereocenters. The lowest BCUT2D eigenvalue weighted by molar-refractivity contribution is -0.385. The lowest BCUT2D eigenvalue weighted by Gasteiger charge is -2.07. The summed E-state index contributed by atoms with van der Waals surface area (Å²) in [6.45, 7) is 0. The molecule has 0 aromatic heterocycles. The SMILES string of the molecule is COc1cccc([N+](=O)[O-])c1/C=C/N(C)C. The number of benzene rings is 1. The second-order valence-electron chi connectivity index (χ2n) is 3.43. The van der Waals surface area contributed by atoms with E-state index in [-0.39, 0.29) is 5.69 Å². The number of nitro groups is 1. The van der Waals surface area contributed by atoms with E-state index in [0.29, 0.717) is 11.3 Å². The van der Waals surface area contributed by atoms with Gasteiger partial charge in [-0.2, -0.15) is 0 Å². The van der Waals surface area contributed by atoms with Gasteiger partial charge in [-0.1, -0.05) is 6.07 Å². The smallest absolute Gasteiger partial charge is 0.280 e. The summed E-state index contributed by atoms with van der Waals surface area (Å²) in [7, 11) is 5.18. The van der Waals surface area contributed by atoms with Crippen LogP contribution in [0.3, 0.4) is 0 Å². The average molecular weight is 222 g/mol. The second-order valence-corrected chi connectivity index (χ2v) is 3.43. The van der Waals surface area contributed by atoms with Gasteiger partial charge in [-0.3, -0.25) is 10.1 Å². The van der Waals surface area contributed by atoms with Crippen molar-refractivity contribution in [3.05, 3.63) is 40.1 Å². The van der Waals surface area contributed by atoms with Crippen LogP contribution in [0.15, 0.2) is 24.4 Å². The molecule has 1 aromatic carbocycles. The Hall–Kier alpha value is -2.04. The molecule has 0 saturated heterocycles. The topological polar surface area (TPSA) is 55.6 Å². The lowest BCUT2D eigenvalue weighted by Crippen LogP contribution is -2.01. The molecule has 5 nitrogen and oxygen atoms in total. The van der Waals surface area contributed by atoms with Crippen molar-refractivity contribution in [2.75, 3.05) is 21.2 Å². The van der Waals surface area contributed by atoms with E-state index in [4.69, 9.17) is 4.74 Å². The molecule has 0 amide bonds. The summed E-state index contributed by atoms with van der Waals surface area (Å²) < 4.78 is 5.09. The van der Waals surface area contributed by atoms with Crippen LogP contribution in [0.4, 0.5) is 5.69 Å². The van der Waals surface area contributed by atoms with Crippen LogP contribution in [-0.2, 0) is 0 Å². The van der Waals surface area contributed by atoms with Gasteiger partial charge in [0.05, 0.1) is 17.6 Å². The molecule has 5 heteroatoms. The van der Waals surface area contributed by atoms with Crippen molar-refractivity contribution in [2.45, 2.75) is 0 Å². The zero-order valence-electron chi connectivity index (χ0n) is 9.51. The van der Waals surface area contributed by atoms with Crippen LogP contribution < -0.4 is 4.74 Å². The minimum Gasteiger partial charge on any atom is -0.496 e. The highest BCUT2D eigenvalue weighted by atomic mass is 16.6. The van der Waals surface area contributed by atoms with Gasteiger partial charge in [0, 0.05) is 20.2 Å². The first kappa shape index (κ1) is 12.0. The lowest BCUT2D eigenvalue weighted by atomic mass is 10.1. The fourth-order valence-electron chi connectivity index (χ4n) is 1.26. The number of nitrogens with zero attached hydrogens (tertiary/aromatic N) is 2. The van der Waals surface area contributed by atoms with E-state index in [1.54, 1.807) is 29.3 Å². The highest BCUT2D eigenvalue weighted by Crippen LogP contribution is 2.29. The zero-order valence-corrected chi connectivity index (χ0v) is 9.51. The quantitative estimate of drug-likeness (QED) is 0.578. The van der Waals surface area contributed by atoms with Gasteiger partial charge in [0.25, 0.3) is 5.69 Å². The molecule has 0 saturated carbocycles. The molecule has 16 heavy (non-hydrogen) atoms. The van der Waals surface area contributed by atoms with E-state index in [1.807, 2.05) is 14.1 Å². The Bertz CT molecular complexity index is 414. The Kier molecular flexibility index (Phi) is 3.88. The Labute approximate surface area is 94.1 Å². The van der Waals surface area contributed by atoms with Crippen LogP contribution >= 0.6 is 0 Å². The number of hydrogen-bond acceptors (Lipinski definition) is 4. The van der Waals surface area contributed by atoms with Gasteiger partial charge in [-0.15, -0.1) is 0 Å². The van der Waals surface area contributed by atoms with Crippen molar-refractivity contribution in [3.8, 4) is 5.75 Å². The third kappa shape index (κ3) is 2.73. The molecule has 0 bridgehead atoms. The minimum absolute atomic E-state index is 0.0393. The predicted octanol–water partition coefficient (Wildman–Crippen LogP) is 2.14. The van der Waals surface area contributed by atoms with Crippen molar-refractivity contribution >= 4 is 11.8 Å². The van der Waals surface area contributed by atoms with Crippen LogP contribution in [-0.4, -0.2) is 31.0 Å². The first-order valence-corrected chi connectivity index (χ1v) is 4.72. The first-order valence-electron chi connectivity index (χ1n) is 4.72. The standard InChI is InChI=1S/C11H14N2O3/c1-12(2)8-7-9-10(13(14)15)5-4-6-11(9)16-3/h4-8H,1-3H3/b8-7+. The van der Waals surface area contributed by atoms with E-state index >= 15 is 0 Å². The van der Waals surface area contributed by atoms with Crippen molar-refractivity contribution in [3.63, 3.8) is 0 Å². The molecule has 0 aliphatic heterocycles. The number of nitro benzene ring substituents is 1. The largest absolute Gasteiger partial charge is 0.496 e. The van der Waals surface area contributed by atoms with E-state index < -0.39 is 4.92 Å². The maximum absolute atomic E-state index is 10.8. The summed E-state index contributed by atoms with van der Waals surface area (Å²) in [5.74, 6) is 0.493. The number of ether oxygens (including phenoxy) is 1. The van der Waals surface area contributed by atoms with Crippen LogP contribution in [0.25, 0.3) is 6.08 Å². The van der Waals surface area contributed by atoms with Gasteiger partial charge in [-0.25, -0.2) is 0 Å². The fourth-order valence-corrected chi connectivity index (χ4v) is 1.26. The van der Waals surface area contributed by atoms with E-state index in [1.165, 1.54) is 13.2 Å². The molecule has 0 radical (unpaired) electrons. The van der Waals surface area contributed by atoms with E-state index in [0.717, 1.165) is 0 Å². The fraction of sp³-hybridized carbons (Fsp3) is 0.273. The van der Waals surface area contributed by atoms with Crippen LogP contribution in [0.1, 0.15) is 5.56 Å². The van der Waals surface area contributed by atoms with Crippen molar-refractivity contribution in [2.24, 2.45) is 0 Å².